The van der Waals surface area contributed by atoms with Crippen LogP contribution in [-0.2, 0) is 9.59 Å². The molecular formula is C24H32O2. The third-order valence-corrected chi connectivity index (χ3v) is 5.59. The summed E-state index contributed by atoms with van der Waals surface area (Å²) in [7, 11) is 0. The highest BCUT2D eigenvalue weighted by Crippen LogP contribution is 2.46. The van der Waals surface area contributed by atoms with E-state index in [1.807, 2.05) is 32.9 Å². The minimum Gasteiger partial charge on any atom is -0.299 e. The Hall–Kier alpha value is -1.88. The predicted octanol–water partition coefficient (Wildman–Crippen LogP) is 5.67. The van der Waals surface area contributed by atoms with Gasteiger partial charge in [-0.3, -0.25) is 9.59 Å². The van der Waals surface area contributed by atoms with Crippen LogP contribution in [0.25, 0.3) is 0 Å². The highest BCUT2D eigenvalue weighted by molar-refractivity contribution is 6.10. The van der Waals surface area contributed by atoms with E-state index in [0.717, 1.165) is 54.4 Å². The normalized spacial score (nSPS) is 17.1. The van der Waals surface area contributed by atoms with Gasteiger partial charge in [-0.1, -0.05) is 45.5 Å². The van der Waals surface area contributed by atoms with Crippen LogP contribution in [0.15, 0.2) is 12.1 Å². The molecule has 2 heteroatoms. The van der Waals surface area contributed by atoms with Crippen molar-refractivity contribution in [3.8, 4) is 11.8 Å². The fraction of sp³-hybridized carbons (Fsp3) is 0.583. The number of hydrogen-bond acceptors (Lipinski definition) is 2. The van der Waals surface area contributed by atoms with Crippen molar-refractivity contribution in [1.29, 1.82) is 0 Å². The second-order valence-electron chi connectivity index (χ2n) is 7.90. The Kier molecular flexibility index (Phi) is 6.81. The van der Waals surface area contributed by atoms with Gasteiger partial charge in [0.2, 0.25) is 0 Å². The first-order valence-corrected chi connectivity index (χ1v) is 10.0. The van der Waals surface area contributed by atoms with Crippen LogP contribution in [0.3, 0.4) is 0 Å². The third kappa shape index (κ3) is 4.26. The first-order chi connectivity index (χ1) is 12.4. The number of aryl methyl sites for hydroxylation is 2. The van der Waals surface area contributed by atoms with Crippen LogP contribution in [0.5, 0.6) is 0 Å². The lowest BCUT2D eigenvalue weighted by Crippen LogP contribution is -2.40. The van der Waals surface area contributed by atoms with Crippen molar-refractivity contribution in [2.45, 2.75) is 85.5 Å². The van der Waals surface area contributed by atoms with Crippen LogP contribution in [-0.4, -0.2) is 11.6 Å². The lowest BCUT2D eigenvalue weighted by molar-refractivity contribution is -0.137. The monoisotopic (exact) mass is 352 g/mol. The van der Waals surface area contributed by atoms with Gasteiger partial charge in [-0.25, -0.2) is 0 Å². The number of hydrogen-bond donors (Lipinski definition) is 0. The quantitative estimate of drug-likeness (QED) is 0.505. The maximum absolute atomic E-state index is 13.1. The van der Waals surface area contributed by atoms with Crippen LogP contribution in [0.1, 0.15) is 93.9 Å². The van der Waals surface area contributed by atoms with Crippen molar-refractivity contribution in [1.82, 2.24) is 0 Å². The minimum absolute atomic E-state index is 0.109. The molecule has 0 amide bonds. The summed E-state index contributed by atoms with van der Waals surface area (Å²) >= 11 is 0. The van der Waals surface area contributed by atoms with E-state index in [1.54, 1.807) is 0 Å². The van der Waals surface area contributed by atoms with E-state index in [4.69, 9.17) is 0 Å². The topological polar surface area (TPSA) is 34.1 Å². The molecule has 0 spiro atoms. The Morgan fingerprint density at radius 2 is 1.46 bits per heavy atom. The van der Waals surface area contributed by atoms with Gasteiger partial charge in [0, 0.05) is 24.8 Å². The number of carbonyl (C=O) groups excluding carboxylic acids is 2. The Labute approximate surface area is 158 Å². The largest absolute Gasteiger partial charge is 0.299 e. The van der Waals surface area contributed by atoms with Crippen molar-refractivity contribution in [3.05, 3.63) is 34.4 Å². The molecule has 0 N–H and O–H groups in total. The molecule has 0 aliphatic heterocycles. The van der Waals surface area contributed by atoms with E-state index in [9.17, 15) is 9.59 Å². The van der Waals surface area contributed by atoms with E-state index in [0.29, 0.717) is 12.8 Å². The smallest absolute Gasteiger partial charge is 0.148 e. The highest BCUT2D eigenvalue weighted by Gasteiger charge is 2.45. The molecule has 2 rings (SSSR count). The van der Waals surface area contributed by atoms with Gasteiger partial charge >= 0.3 is 0 Å². The molecular weight excluding hydrogens is 320 g/mol. The highest BCUT2D eigenvalue weighted by atomic mass is 16.2. The number of benzene rings is 1. The van der Waals surface area contributed by atoms with Gasteiger partial charge < -0.3 is 0 Å². The lowest BCUT2D eigenvalue weighted by atomic mass is 9.63. The molecule has 0 saturated heterocycles. The predicted molar refractivity (Wildman–Crippen MR) is 107 cm³/mol. The Morgan fingerprint density at radius 3 is 1.88 bits per heavy atom. The molecule has 0 radical (unpaired) electrons. The molecule has 1 aliphatic carbocycles. The Balaban J connectivity index is 2.38. The molecule has 0 unspecified atom stereocenters. The maximum Gasteiger partial charge on any atom is 0.148 e. The Morgan fingerprint density at radius 1 is 0.962 bits per heavy atom. The summed E-state index contributed by atoms with van der Waals surface area (Å²) in [6.07, 6.45) is 5.88. The fourth-order valence-corrected chi connectivity index (χ4v) is 4.74. The number of ketones is 2. The van der Waals surface area contributed by atoms with Crippen LogP contribution >= 0.6 is 0 Å². The zero-order valence-corrected chi connectivity index (χ0v) is 17.0. The first kappa shape index (κ1) is 20.4. The standard InChI is InChI=1S/C24H32O2/c1-6-9-10-19-13-17(4)22(18(5)14-19)23-20(25)15-24(11-7-2,12-8-3)16-21(23)26/h13-14,23H,6-8,11-12,15-16H2,1-5H3. The summed E-state index contributed by atoms with van der Waals surface area (Å²) < 4.78 is 0. The second-order valence-corrected chi connectivity index (χ2v) is 7.90. The van der Waals surface area contributed by atoms with E-state index < -0.39 is 5.92 Å². The van der Waals surface area contributed by atoms with E-state index >= 15 is 0 Å². The van der Waals surface area contributed by atoms with Gasteiger partial charge in [0.1, 0.15) is 17.5 Å². The molecule has 0 heterocycles. The third-order valence-electron chi connectivity index (χ3n) is 5.59. The molecule has 2 nitrogen and oxygen atoms in total. The molecule has 1 saturated carbocycles. The summed E-state index contributed by atoms with van der Waals surface area (Å²) in [5.41, 5.74) is 3.80. The average molecular weight is 353 g/mol. The van der Waals surface area contributed by atoms with Crippen molar-refractivity contribution < 1.29 is 9.59 Å². The number of Topliss-reactive ketones (excluding diaryl/α,β-unsaturated/α-hetero) is 2. The van der Waals surface area contributed by atoms with Gasteiger partial charge in [-0.2, -0.15) is 0 Å². The molecule has 1 aliphatic rings. The minimum atomic E-state index is -0.579. The second kappa shape index (κ2) is 8.67. The van der Waals surface area contributed by atoms with Gasteiger partial charge in [0.15, 0.2) is 0 Å². The van der Waals surface area contributed by atoms with Crippen molar-refractivity contribution >= 4 is 11.6 Å². The first-order valence-electron chi connectivity index (χ1n) is 10.0. The van der Waals surface area contributed by atoms with Crippen molar-refractivity contribution in [2.75, 3.05) is 0 Å². The summed E-state index contributed by atoms with van der Waals surface area (Å²) in [5, 5.41) is 0. The molecule has 1 aromatic rings. The van der Waals surface area contributed by atoms with Crippen LogP contribution < -0.4 is 0 Å². The maximum atomic E-state index is 13.1. The summed E-state index contributed by atoms with van der Waals surface area (Å²) in [6, 6.07) is 4.04. The van der Waals surface area contributed by atoms with Crippen LogP contribution in [0.4, 0.5) is 0 Å². The zero-order chi connectivity index (χ0) is 19.3. The Bertz CT molecular complexity index is 696. The summed E-state index contributed by atoms with van der Waals surface area (Å²) in [6.45, 7) is 10.3. The van der Waals surface area contributed by atoms with Gasteiger partial charge in [0.05, 0.1) is 0 Å². The molecule has 26 heavy (non-hydrogen) atoms. The molecule has 0 atom stereocenters. The number of rotatable bonds is 5. The SMILES string of the molecule is CCC#Cc1cc(C)c(C2C(=O)CC(CCC)(CCC)CC2=O)c(C)c1. The molecule has 140 valence electrons. The van der Waals surface area contributed by atoms with Gasteiger partial charge in [0.25, 0.3) is 0 Å². The van der Waals surface area contributed by atoms with Crippen molar-refractivity contribution in [3.63, 3.8) is 0 Å². The molecule has 0 bridgehead atoms. The zero-order valence-electron chi connectivity index (χ0n) is 17.0. The molecule has 1 aromatic carbocycles. The van der Waals surface area contributed by atoms with Crippen LogP contribution in [0, 0.1) is 31.1 Å². The van der Waals surface area contributed by atoms with Crippen molar-refractivity contribution in [2.24, 2.45) is 5.41 Å². The summed E-state index contributed by atoms with van der Waals surface area (Å²) in [4.78, 5) is 26.2. The average Bonchev–Trinajstić information content (AvgIpc) is 2.55. The lowest BCUT2D eigenvalue weighted by Gasteiger charge is -2.39. The van der Waals surface area contributed by atoms with E-state index in [1.165, 1.54) is 0 Å². The number of carbonyl (C=O) groups is 2. The van der Waals surface area contributed by atoms with E-state index in [-0.39, 0.29) is 17.0 Å². The van der Waals surface area contributed by atoms with Crippen LogP contribution in [0.2, 0.25) is 0 Å². The molecule has 1 fully saturated rings. The fourth-order valence-electron chi connectivity index (χ4n) is 4.74. The molecule has 0 aromatic heterocycles. The van der Waals surface area contributed by atoms with Gasteiger partial charge in [-0.15, -0.1) is 0 Å². The van der Waals surface area contributed by atoms with Gasteiger partial charge in [-0.05, 0) is 60.9 Å². The summed E-state index contributed by atoms with van der Waals surface area (Å²) in [5.74, 6) is 5.89. The van der Waals surface area contributed by atoms with E-state index in [2.05, 4.69) is 25.7 Å².